The van der Waals surface area contributed by atoms with Crippen molar-refractivity contribution >= 4 is 17.7 Å². The van der Waals surface area contributed by atoms with Gasteiger partial charge in [-0.1, -0.05) is 0 Å². The predicted octanol–water partition coefficient (Wildman–Crippen LogP) is 2.23. The van der Waals surface area contributed by atoms with Gasteiger partial charge >= 0.3 is 6.09 Å². The molecule has 0 unspecified atom stereocenters. The molecule has 0 aromatic heterocycles. The lowest BCUT2D eigenvalue weighted by Gasteiger charge is -2.24. The zero-order valence-electron chi connectivity index (χ0n) is 14.9. The number of carbonyl (C=O) groups excluding carboxylic acids is 2. The molecule has 0 saturated carbocycles. The molecule has 2 heterocycles. The Morgan fingerprint density at radius 3 is 2.92 bits per heavy atom. The molecule has 3 rings (SSSR count). The van der Waals surface area contributed by atoms with Crippen LogP contribution in [-0.2, 0) is 4.74 Å². The average Bonchev–Trinajstić information content (AvgIpc) is 3.01. The molecule has 1 aromatic carbocycles. The predicted molar refractivity (Wildman–Crippen MR) is 94.1 cm³/mol. The standard InChI is InChI=1S/C18H25N3O4/c1-18(2,3)25-17(23)21-8-6-13(11-21)20-16(22)12-4-5-14-15(10-12)24-9-7-19-14/h4-5,10,13,19H,6-9,11H2,1-3H3,(H,20,22)/t13-/m1/s1. The van der Waals surface area contributed by atoms with Crippen molar-refractivity contribution in [2.24, 2.45) is 0 Å². The summed E-state index contributed by atoms with van der Waals surface area (Å²) in [7, 11) is 0. The van der Waals surface area contributed by atoms with Crippen LogP contribution in [0.2, 0.25) is 0 Å². The first kappa shape index (κ1) is 17.4. The van der Waals surface area contributed by atoms with Crippen molar-refractivity contribution in [2.75, 3.05) is 31.6 Å². The molecular formula is C18H25N3O4. The smallest absolute Gasteiger partial charge is 0.410 e. The largest absolute Gasteiger partial charge is 0.490 e. The van der Waals surface area contributed by atoms with Crippen LogP contribution in [0.25, 0.3) is 0 Å². The number of amides is 2. The maximum absolute atomic E-state index is 12.5. The molecule has 2 amide bonds. The van der Waals surface area contributed by atoms with E-state index in [9.17, 15) is 9.59 Å². The number of likely N-dealkylation sites (tertiary alicyclic amines) is 1. The minimum Gasteiger partial charge on any atom is -0.490 e. The summed E-state index contributed by atoms with van der Waals surface area (Å²) in [5, 5.41) is 6.21. The fourth-order valence-corrected chi connectivity index (χ4v) is 2.91. The molecule has 1 atom stereocenters. The number of fused-ring (bicyclic) bond motifs is 1. The minimum atomic E-state index is -0.518. The molecule has 7 heteroatoms. The zero-order valence-corrected chi connectivity index (χ0v) is 14.9. The van der Waals surface area contributed by atoms with E-state index in [1.165, 1.54) is 0 Å². The maximum Gasteiger partial charge on any atom is 0.410 e. The van der Waals surface area contributed by atoms with E-state index in [0.29, 0.717) is 37.4 Å². The molecule has 136 valence electrons. The Balaban J connectivity index is 1.56. The second kappa shape index (κ2) is 6.82. The normalized spacial score (nSPS) is 19.5. The van der Waals surface area contributed by atoms with Gasteiger partial charge in [-0.05, 0) is 45.4 Å². The van der Waals surface area contributed by atoms with E-state index in [-0.39, 0.29) is 18.0 Å². The van der Waals surface area contributed by atoms with Gasteiger partial charge in [0, 0.05) is 31.2 Å². The summed E-state index contributed by atoms with van der Waals surface area (Å²) >= 11 is 0. The van der Waals surface area contributed by atoms with Gasteiger partial charge in [0.25, 0.3) is 5.91 Å². The van der Waals surface area contributed by atoms with E-state index >= 15 is 0 Å². The third-order valence-corrected chi connectivity index (χ3v) is 4.09. The van der Waals surface area contributed by atoms with Gasteiger partial charge in [0.15, 0.2) is 0 Å². The summed E-state index contributed by atoms with van der Waals surface area (Å²) in [4.78, 5) is 26.2. The van der Waals surface area contributed by atoms with E-state index in [1.54, 1.807) is 17.0 Å². The highest BCUT2D eigenvalue weighted by Gasteiger charge is 2.30. The van der Waals surface area contributed by atoms with Crippen molar-refractivity contribution < 1.29 is 19.1 Å². The van der Waals surface area contributed by atoms with Crippen molar-refractivity contribution in [2.45, 2.75) is 38.8 Å². The lowest BCUT2D eigenvalue weighted by molar-refractivity contribution is 0.0290. The minimum absolute atomic E-state index is 0.0740. The van der Waals surface area contributed by atoms with Crippen molar-refractivity contribution in [3.8, 4) is 5.75 Å². The Hall–Kier alpha value is -2.44. The van der Waals surface area contributed by atoms with Gasteiger partial charge in [0.2, 0.25) is 0 Å². The number of nitrogens with zero attached hydrogens (tertiary/aromatic N) is 1. The fourth-order valence-electron chi connectivity index (χ4n) is 2.91. The van der Waals surface area contributed by atoms with Gasteiger partial charge in [-0.25, -0.2) is 4.79 Å². The van der Waals surface area contributed by atoms with Crippen LogP contribution in [0.4, 0.5) is 10.5 Å². The first-order valence-corrected chi connectivity index (χ1v) is 8.61. The van der Waals surface area contributed by atoms with Crippen LogP contribution in [0.1, 0.15) is 37.6 Å². The van der Waals surface area contributed by atoms with E-state index < -0.39 is 5.60 Å². The number of ether oxygens (including phenoxy) is 2. The molecule has 0 aliphatic carbocycles. The summed E-state index contributed by atoms with van der Waals surface area (Å²) in [5.41, 5.74) is 0.938. The number of hydrogen-bond donors (Lipinski definition) is 2. The third-order valence-electron chi connectivity index (χ3n) is 4.09. The lowest BCUT2D eigenvalue weighted by Crippen LogP contribution is -2.40. The molecule has 7 nitrogen and oxygen atoms in total. The second-order valence-corrected chi connectivity index (χ2v) is 7.37. The number of carbonyl (C=O) groups is 2. The zero-order chi connectivity index (χ0) is 18.0. The van der Waals surface area contributed by atoms with E-state index in [0.717, 1.165) is 12.2 Å². The quantitative estimate of drug-likeness (QED) is 0.858. The molecule has 1 saturated heterocycles. The van der Waals surface area contributed by atoms with Gasteiger partial charge in [-0.3, -0.25) is 4.79 Å². The number of anilines is 1. The Morgan fingerprint density at radius 2 is 2.16 bits per heavy atom. The first-order valence-electron chi connectivity index (χ1n) is 8.61. The van der Waals surface area contributed by atoms with E-state index in [1.807, 2.05) is 26.8 Å². The van der Waals surface area contributed by atoms with Crippen molar-refractivity contribution in [1.29, 1.82) is 0 Å². The number of nitrogens with one attached hydrogen (secondary N) is 2. The lowest BCUT2D eigenvalue weighted by atomic mass is 10.1. The number of benzene rings is 1. The fraction of sp³-hybridized carbons (Fsp3) is 0.556. The highest BCUT2D eigenvalue weighted by molar-refractivity contribution is 5.95. The Labute approximate surface area is 147 Å². The number of hydrogen-bond acceptors (Lipinski definition) is 5. The summed E-state index contributed by atoms with van der Waals surface area (Å²) in [6.07, 6.45) is 0.381. The van der Waals surface area contributed by atoms with Crippen LogP contribution in [-0.4, -0.2) is 54.8 Å². The first-order chi connectivity index (χ1) is 11.8. The van der Waals surface area contributed by atoms with Gasteiger partial charge in [0.05, 0.1) is 5.69 Å². The molecule has 0 bridgehead atoms. The number of rotatable bonds is 2. The van der Waals surface area contributed by atoms with Crippen LogP contribution in [0.3, 0.4) is 0 Å². The molecule has 1 aromatic rings. The Bertz CT molecular complexity index is 669. The van der Waals surface area contributed by atoms with Gasteiger partial charge in [-0.2, -0.15) is 0 Å². The summed E-state index contributed by atoms with van der Waals surface area (Å²) in [6.45, 7) is 7.92. The maximum atomic E-state index is 12.5. The molecule has 2 N–H and O–H groups in total. The van der Waals surface area contributed by atoms with Crippen LogP contribution in [0.5, 0.6) is 5.75 Å². The van der Waals surface area contributed by atoms with Crippen LogP contribution in [0.15, 0.2) is 18.2 Å². The van der Waals surface area contributed by atoms with E-state index in [4.69, 9.17) is 9.47 Å². The van der Waals surface area contributed by atoms with E-state index in [2.05, 4.69) is 10.6 Å². The highest BCUT2D eigenvalue weighted by Crippen LogP contribution is 2.28. The van der Waals surface area contributed by atoms with Crippen LogP contribution >= 0.6 is 0 Å². The Kier molecular flexibility index (Phi) is 4.74. The Morgan fingerprint density at radius 1 is 1.36 bits per heavy atom. The van der Waals surface area contributed by atoms with Gasteiger partial charge < -0.3 is 25.0 Å². The molecule has 2 aliphatic rings. The topological polar surface area (TPSA) is 79.9 Å². The SMILES string of the molecule is CC(C)(C)OC(=O)N1CC[C@@H](NC(=O)c2ccc3c(c2)OCCN3)C1. The monoisotopic (exact) mass is 347 g/mol. The molecule has 0 spiro atoms. The van der Waals surface area contributed by atoms with Crippen molar-refractivity contribution in [3.63, 3.8) is 0 Å². The molecule has 0 radical (unpaired) electrons. The molecular weight excluding hydrogens is 322 g/mol. The third kappa shape index (κ3) is 4.35. The van der Waals surface area contributed by atoms with Crippen molar-refractivity contribution in [1.82, 2.24) is 10.2 Å². The second-order valence-electron chi connectivity index (χ2n) is 7.37. The average molecular weight is 347 g/mol. The van der Waals surface area contributed by atoms with Crippen LogP contribution < -0.4 is 15.4 Å². The van der Waals surface area contributed by atoms with Gasteiger partial charge in [0.1, 0.15) is 18.0 Å². The molecule has 1 fully saturated rings. The van der Waals surface area contributed by atoms with Gasteiger partial charge in [-0.15, -0.1) is 0 Å². The summed E-state index contributed by atoms with van der Waals surface area (Å²) < 4.78 is 10.9. The van der Waals surface area contributed by atoms with Crippen molar-refractivity contribution in [3.05, 3.63) is 23.8 Å². The summed E-state index contributed by atoms with van der Waals surface area (Å²) in [5.74, 6) is 0.536. The highest BCUT2D eigenvalue weighted by atomic mass is 16.6. The molecule has 2 aliphatic heterocycles. The summed E-state index contributed by atoms with van der Waals surface area (Å²) in [6, 6.07) is 5.30. The molecule has 25 heavy (non-hydrogen) atoms. The van der Waals surface area contributed by atoms with Crippen LogP contribution in [0, 0.1) is 0 Å².